The molecule has 0 amide bonds. The first kappa shape index (κ1) is 18.9. The number of fused-ring (bicyclic) bond motifs is 1. The summed E-state index contributed by atoms with van der Waals surface area (Å²) >= 11 is 1.37. The van der Waals surface area contributed by atoms with Crippen molar-refractivity contribution in [2.24, 2.45) is 5.92 Å². The molecular weight excluding hydrogens is 410 g/mol. The van der Waals surface area contributed by atoms with Gasteiger partial charge in [-0.1, -0.05) is 29.5 Å². The van der Waals surface area contributed by atoms with Gasteiger partial charge in [0.25, 0.3) is 5.71 Å². The zero-order valence-electron chi connectivity index (χ0n) is 16.0. The van der Waals surface area contributed by atoms with Crippen LogP contribution in [-0.4, -0.2) is 46.7 Å². The highest BCUT2D eigenvalue weighted by Crippen LogP contribution is 2.35. The Morgan fingerprint density at radius 1 is 1.21 bits per heavy atom. The van der Waals surface area contributed by atoms with E-state index in [4.69, 9.17) is 9.15 Å². The molecule has 29 heavy (non-hydrogen) atoms. The normalized spacial score (nSPS) is 20.9. The fourth-order valence-corrected chi connectivity index (χ4v) is 6.71. The van der Waals surface area contributed by atoms with Crippen LogP contribution >= 0.6 is 11.8 Å². The third-order valence-electron chi connectivity index (χ3n) is 5.09. The van der Waals surface area contributed by atoms with E-state index in [9.17, 15) is 8.42 Å². The van der Waals surface area contributed by atoms with E-state index in [1.165, 1.54) is 24.6 Å². The van der Waals surface area contributed by atoms with Crippen LogP contribution in [0.2, 0.25) is 0 Å². The highest BCUT2D eigenvalue weighted by molar-refractivity contribution is 8.01. The number of benzene rings is 1. The molecule has 1 unspecified atom stereocenters. The molecule has 1 atom stereocenters. The smallest absolute Gasteiger partial charge is 0.255 e. The molecule has 2 aliphatic rings. The monoisotopic (exact) mass is 431 g/mol. The first-order chi connectivity index (χ1) is 13.9. The summed E-state index contributed by atoms with van der Waals surface area (Å²) in [5.41, 5.74) is 2.85. The van der Waals surface area contributed by atoms with Crippen LogP contribution in [0.1, 0.15) is 24.8 Å². The van der Waals surface area contributed by atoms with Gasteiger partial charge in [0, 0.05) is 10.8 Å². The summed E-state index contributed by atoms with van der Waals surface area (Å²) in [4.78, 5) is 13.7. The number of aromatic nitrogens is 3. The molecule has 5 rings (SSSR count). The lowest BCUT2D eigenvalue weighted by Crippen LogP contribution is -2.08. The van der Waals surface area contributed by atoms with Crippen LogP contribution in [0.5, 0.6) is 5.88 Å². The summed E-state index contributed by atoms with van der Waals surface area (Å²) in [6, 6.07) is 7.91. The predicted molar refractivity (Wildman–Crippen MR) is 111 cm³/mol. The number of rotatable bonds is 6. The Morgan fingerprint density at radius 3 is 2.79 bits per heavy atom. The molecule has 0 bridgehead atoms. The highest BCUT2D eigenvalue weighted by Gasteiger charge is 2.30. The van der Waals surface area contributed by atoms with Gasteiger partial charge in [0.1, 0.15) is 0 Å². The number of aryl methyl sites for hydroxylation is 1. The minimum Gasteiger partial charge on any atom is -0.476 e. The van der Waals surface area contributed by atoms with E-state index in [-0.39, 0.29) is 16.8 Å². The van der Waals surface area contributed by atoms with Crippen molar-refractivity contribution in [2.75, 3.05) is 18.1 Å². The van der Waals surface area contributed by atoms with Crippen molar-refractivity contribution in [3.63, 3.8) is 0 Å². The second kappa shape index (κ2) is 7.28. The fourth-order valence-electron chi connectivity index (χ4n) is 3.32. The van der Waals surface area contributed by atoms with Crippen molar-refractivity contribution in [3.8, 4) is 17.3 Å². The van der Waals surface area contributed by atoms with Crippen LogP contribution in [0.3, 0.4) is 0 Å². The molecule has 1 saturated carbocycles. The molecule has 3 heterocycles. The Labute approximate surface area is 173 Å². The standard InChI is InChI=1S/C20H21N3O4S2/c1-12-3-2-4-14(9-12)17-21-16-18(26-10-13-5-6-13)22-20(23-19(16)27-17)28-15-7-8-29(24,25)11-15/h2-4,9,13,15H,5-8,10-11H2,1H3. The Morgan fingerprint density at radius 2 is 2.07 bits per heavy atom. The lowest BCUT2D eigenvalue weighted by Gasteiger charge is -2.08. The van der Waals surface area contributed by atoms with E-state index in [2.05, 4.69) is 15.0 Å². The van der Waals surface area contributed by atoms with Crippen LogP contribution in [0.25, 0.3) is 22.7 Å². The van der Waals surface area contributed by atoms with Crippen LogP contribution in [0.4, 0.5) is 0 Å². The van der Waals surface area contributed by atoms with Gasteiger partial charge >= 0.3 is 0 Å². The summed E-state index contributed by atoms with van der Waals surface area (Å²) in [6.45, 7) is 2.61. The van der Waals surface area contributed by atoms with Gasteiger partial charge < -0.3 is 9.15 Å². The molecule has 1 saturated heterocycles. The van der Waals surface area contributed by atoms with E-state index in [0.717, 1.165) is 11.1 Å². The third-order valence-corrected chi connectivity index (χ3v) is 8.19. The molecule has 2 aromatic heterocycles. The Balaban J connectivity index is 1.50. The summed E-state index contributed by atoms with van der Waals surface area (Å²) in [6.07, 6.45) is 2.95. The lowest BCUT2D eigenvalue weighted by molar-refractivity contribution is 0.289. The van der Waals surface area contributed by atoms with Gasteiger partial charge in [0.15, 0.2) is 20.5 Å². The topological polar surface area (TPSA) is 95.2 Å². The summed E-state index contributed by atoms with van der Waals surface area (Å²) < 4.78 is 35.5. The lowest BCUT2D eigenvalue weighted by atomic mass is 10.1. The van der Waals surface area contributed by atoms with Gasteiger partial charge in [-0.05, 0) is 44.2 Å². The number of thioether (sulfide) groups is 1. The number of ether oxygens (including phenoxy) is 1. The highest BCUT2D eigenvalue weighted by atomic mass is 32.2. The van der Waals surface area contributed by atoms with E-state index >= 15 is 0 Å². The van der Waals surface area contributed by atoms with Crippen LogP contribution in [-0.2, 0) is 9.84 Å². The number of nitrogens with zero attached hydrogens (tertiary/aromatic N) is 3. The van der Waals surface area contributed by atoms with Crippen LogP contribution < -0.4 is 4.74 Å². The first-order valence-corrected chi connectivity index (χ1v) is 12.4. The summed E-state index contributed by atoms with van der Waals surface area (Å²) in [5, 5.41) is 0.422. The Bertz CT molecular complexity index is 1170. The van der Waals surface area contributed by atoms with Crippen molar-refractivity contribution in [1.82, 2.24) is 15.0 Å². The molecule has 1 aromatic carbocycles. The zero-order chi connectivity index (χ0) is 20.0. The SMILES string of the molecule is Cc1cccc(-c2nc3c(OCC4CC4)nc(SC4CCS(=O)(=O)C4)nc3o2)c1. The number of oxazole rings is 1. The molecule has 1 aliphatic carbocycles. The second-order valence-corrected chi connectivity index (χ2v) is 11.2. The molecular formula is C20H21N3O4S2. The van der Waals surface area contributed by atoms with Gasteiger partial charge in [-0.2, -0.15) is 9.97 Å². The maximum absolute atomic E-state index is 11.8. The fraction of sp³-hybridized carbons (Fsp3) is 0.450. The minimum atomic E-state index is -2.96. The number of hydrogen-bond donors (Lipinski definition) is 0. The molecule has 152 valence electrons. The van der Waals surface area contributed by atoms with Crippen molar-refractivity contribution in [2.45, 2.75) is 36.6 Å². The maximum Gasteiger partial charge on any atom is 0.255 e. The molecule has 0 spiro atoms. The molecule has 3 aromatic rings. The molecule has 0 radical (unpaired) electrons. The average molecular weight is 432 g/mol. The summed E-state index contributed by atoms with van der Waals surface area (Å²) in [7, 11) is -2.96. The van der Waals surface area contributed by atoms with E-state index < -0.39 is 9.84 Å². The molecule has 0 N–H and O–H groups in total. The molecule has 9 heteroatoms. The van der Waals surface area contributed by atoms with Gasteiger partial charge in [-0.15, -0.1) is 0 Å². The van der Waals surface area contributed by atoms with Gasteiger partial charge in [-0.25, -0.2) is 13.4 Å². The van der Waals surface area contributed by atoms with Gasteiger partial charge in [0.05, 0.1) is 18.1 Å². The first-order valence-electron chi connectivity index (χ1n) is 9.71. The second-order valence-electron chi connectivity index (χ2n) is 7.75. The Hall–Kier alpha value is -2.13. The predicted octanol–water partition coefficient (Wildman–Crippen LogP) is 3.66. The number of hydrogen-bond acceptors (Lipinski definition) is 8. The van der Waals surface area contributed by atoms with Gasteiger partial charge in [0.2, 0.25) is 11.8 Å². The summed E-state index contributed by atoms with van der Waals surface area (Å²) in [5.74, 6) is 1.83. The van der Waals surface area contributed by atoms with E-state index in [1.54, 1.807) is 0 Å². The zero-order valence-corrected chi connectivity index (χ0v) is 17.6. The Kier molecular flexibility index (Phi) is 4.74. The third kappa shape index (κ3) is 4.25. The van der Waals surface area contributed by atoms with Crippen molar-refractivity contribution in [1.29, 1.82) is 0 Å². The largest absolute Gasteiger partial charge is 0.476 e. The molecule has 7 nitrogen and oxygen atoms in total. The van der Waals surface area contributed by atoms with Crippen molar-refractivity contribution >= 4 is 32.8 Å². The van der Waals surface area contributed by atoms with E-state index in [0.29, 0.717) is 47.1 Å². The van der Waals surface area contributed by atoms with E-state index in [1.807, 2.05) is 31.2 Å². The quantitative estimate of drug-likeness (QED) is 0.546. The van der Waals surface area contributed by atoms with Crippen molar-refractivity contribution < 1.29 is 17.6 Å². The number of sulfone groups is 1. The molecule has 1 aliphatic heterocycles. The van der Waals surface area contributed by atoms with Gasteiger partial charge in [-0.3, -0.25) is 0 Å². The molecule has 2 fully saturated rings. The van der Waals surface area contributed by atoms with Crippen LogP contribution in [0.15, 0.2) is 33.8 Å². The van der Waals surface area contributed by atoms with Crippen molar-refractivity contribution in [3.05, 3.63) is 29.8 Å². The minimum absolute atomic E-state index is 0.0482. The average Bonchev–Trinajstić information content (AvgIpc) is 3.30. The van der Waals surface area contributed by atoms with Crippen LogP contribution in [0, 0.1) is 12.8 Å². The maximum atomic E-state index is 11.8.